The van der Waals surface area contributed by atoms with Gasteiger partial charge in [0.15, 0.2) is 0 Å². The Bertz CT molecular complexity index is 805. The van der Waals surface area contributed by atoms with Gasteiger partial charge in [0.05, 0.1) is 5.92 Å². The number of hydrogen-bond donors (Lipinski definition) is 1. The maximum absolute atomic E-state index is 12.7. The third-order valence-corrected chi connectivity index (χ3v) is 6.29. The zero-order valence-corrected chi connectivity index (χ0v) is 17.6. The van der Waals surface area contributed by atoms with E-state index in [1.807, 2.05) is 18.2 Å². The van der Waals surface area contributed by atoms with Crippen LogP contribution < -0.4 is 10.2 Å². The Morgan fingerprint density at radius 1 is 1.00 bits per heavy atom. The molecular weight excluding hydrogens is 360 g/mol. The highest BCUT2D eigenvalue weighted by molar-refractivity contribution is 5.93. The molecular formula is C24H32N4O. The fourth-order valence-electron chi connectivity index (χ4n) is 4.43. The summed E-state index contributed by atoms with van der Waals surface area (Å²) in [6.45, 7) is 4.89. The van der Waals surface area contributed by atoms with E-state index in [0.717, 1.165) is 44.8 Å². The van der Waals surface area contributed by atoms with E-state index >= 15 is 0 Å². The largest absolute Gasteiger partial charge is 0.370 e. The molecule has 2 unspecified atom stereocenters. The molecule has 2 heterocycles. The minimum atomic E-state index is 0.0674. The van der Waals surface area contributed by atoms with Crippen LogP contribution in [0.15, 0.2) is 54.6 Å². The van der Waals surface area contributed by atoms with E-state index < -0.39 is 0 Å². The predicted molar refractivity (Wildman–Crippen MR) is 119 cm³/mol. The lowest BCUT2D eigenvalue weighted by Crippen LogP contribution is -2.31. The van der Waals surface area contributed by atoms with Gasteiger partial charge in [-0.2, -0.15) is 0 Å². The summed E-state index contributed by atoms with van der Waals surface area (Å²) in [5.41, 5.74) is 3.44. The maximum Gasteiger partial charge on any atom is 0.228 e. The standard InChI is InChI=1S/C24H32N4O/c1-26(2)23-13-15-28(18-23)22-10-8-21(9-11-22)25-24(29)20-12-14-27(17-20)16-19-6-4-3-5-7-19/h3-11,20,23H,12-18H2,1-2H3,(H,25,29). The van der Waals surface area contributed by atoms with Gasteiger partial charge in [-0.25, -0.2) is 0 Å². The van der Waals surface area contributed by atoms with Gasteiger partial charge in [-0.3, -0.25) is 9.69 Å². The van der Waals surface area contributed by atoms with Crippen molar-refractivity contribution in [3.8, 4) is 0 Å². The minimum Gasteiger partial charge on any atom is -0.370 e. The van der Waals surface area contributed by atoms with Gasteiger partial charge in [0.1, 0.15) is 0 Å². The van der Waals surface area contributed by atoms with Crippen LogP contribution in [-0.4, -0.2) is 62.0 Å². The fraction of sp³-hybridized carbons (Fsp3) is 0.458. The van der Waals surface area contributed by atoms with Crippen molar-refractivity contribution in [3.63, 3.8) is 0 Å². The third-order valence-electron chi connectivity index (χ3n) is 6.29. The highest BCUT2D eigenvalue weighted by atomic mass is 16.1. The number of likely N-dealkylation sites (tertiary alicyclic amines) is 1. The number of rotatable bonds is 6. The number of anilines is 2. The monoisotopic (exact) mass is 392 g/mol. The molecule has 0 spiro atoms. The molecule has 2 aromatic rings. The van der Waals surface area contributed by atoms with Crippen LogP contribution in [0.5, 0.6) is 0 Å². The average molecular weight is 393 g/mol. The van der Waals surface area contributed by atoms with Crippen molar-refractivity contribution in [3.05, 3.63) is 60.2 Å². The van der Waals surface area contributed by atoms with E-state index in [2.05, 4.69) is 70.5 Å². The number of nitrogens with one attached hydrogen (secondary N) is 1. The quantitative estimate of drug-likeness (QED) is 0.819. The molecule has 1 amide bonds. The Kier molecular flexibility index (Phi) is 6.16. The number of carbonyl (C=O) groups is 1. The molecule has 0 bridgehead atoms. The molecule has 5 nitrogen and oxygen atoms in total. The molecule has 0 saturated carbocycles. The van der Waals surface area contributed by atoms with Crippen LogP contribution in [0.25, 0.3) is 0 Å². The molecule has 2 aliphatic rings. The van der Waals surface area contributed by atoms with Gasteiger partial charge >= 0.3 is 0 Å². The molecule has 154 valence electrons. The van der Waals surface area contributed by atoms with Crippen molar-refractivity contribution in [2.45, 2.75) is 25.4 Å². The summed E-state index contributed by atoms with van der Waals surface area (Å²) in [6, 6.07) is 19.4. The maximum atomic E-state index is 12.7. The first-order chi connectivity index (χ1) is 14.1. The Labute approximate surface area is 174 Å². The van der Waals surface area contributed by atoms with Crippen LogP contribution in [0, 0.1) is 5.92 Å². The lowest BCUT2D eigenvalue weighted by Gasteiger charge is -2.22. The SMILES string of the molecule is CN(C)C1CCN(c2ccc(NC(=O)C3CCN(Cc4ccccc4)C3)cc2)C1. The van der Waals surface area contributed by atoms with E-state index in [1.54, 1.807) is 0 Å². The Hall–Kier alpha value is -2.37. The molecule has 1 N–H and O–H groups in total. The molecule has 2 aliphatic heterocycles. The summed E-state index contributed by atoms with van der Waals surface area (Å²) in [5, 5.41) is 3.12. The number of benzene rings is 2. The zero-order valence-electron chi connectivity index (χ0n) is 17.6. The average Bonchev–Trinajstić information content (AvgIpc) is 3.39. The normalized spacial score (nSPS) is 22.4. The molecule has 0 aliphatic carbocycles. The van der Waals surface area contributed by atoms with Crippen molar-refractivity contribution in [1.29, 1.82) is 0 Å². The van der Waals surface area contributed by atoms with Gasteiger partial charge in [0.25, 0.3) is 0 Å². The van der Waals surface area contributed by atoms with Crippen LogP contribution in [0.1, 0.15) is 18.4 Å². The second-order valence-corrected chi connectivity index (χ2v) is 8.59. The van der Waals surface area contributed by atoms with E-state index in [4.69, 9.17) is 0 Å². The smallest absolute Gasteiger partial charge is 0.228 e. The topological polar surface area (TPSA) is 38.8 Å². The van der Waals surface area contributed by atoms with Gasteiger partial charge in [-0.05, 0) is 63.3 Å². The molecule has 0 radical (unpaired) electrons. The number of carbonyl (C=O) groups excluding carboxylic acids is 1. The molecule has 2 saturated heterocycles. The summed E-state index contributed by atoms with van der Waals surface area (Å²) >= 11 is 0. The van der Waals surface area contributed by atoms with E-state index in [1.165, 1.54) is 17.7 Å². The fourth-order valence-corrected chi connectivity index (χ4v) is 4.43. The highest BCUT2D eigenvalue weighted by Crippen LogP contribution is 2.25. The predicted octanol–water partition coefficient (Wildman–Crippen LogP) is 3.29. The van der Waals surface area contributed by atoms with Gasteiger partial charge in [-0.1, -0.05) is 30.3 Å². The van der Waals surface area contributed by atoms with Crippen molar-refractivity contribution in [2.24, 2.45) is 5.92 Å². The van der Waals surface area contributed by atoms with Crippen molar-refractivity contribution < 1.29 is 4.79 Å². The number of amides is 1. The van der Waals surface area contributed by atoms with Gasteiger partial charge in [-0.15, -0.1) is 0 Å². The van der Waals surface area contributed by atoms with E-state index in [9.17, 15) is 4.79 Å². The minimum absolute atomic E-state index is 0.0674. The van der Waals surface area contributed by atoms with Crippen molar-refractivity contribution in [1.82, 2.24) is 9.80 Å². The molecule has 29 heavy (non-hydrogen) atoms. The summed E-state index contributed by atoms with van der Waals surface area (Å²) in [6.07, 6.45) is 2.13. The van der Waals surface area contributed by atoms with Gasteiger partial charge in [0.2, 0.25) is 5.91 Å². The Morgan fingerprint density at radius 3 is 2.45 bits per heavy atom. The second-order valence-electron chi connectivity index (χ2n) is 8.59. The number of likely N-dealkylation sites (N-methyl/N-ethyl adjacent to an activating group) is 1. The van der Waals surface area contributed by atoms with Crippen LogP contribution >= 0.6 is 0 Å². The van der Waals surface area contributed by atoms with E-state index in [0.29, 0.717) is 6.04 Å². The van der Waals surface area contributed by atoms with Crippen LogP contribution in [-0.2, 0) is 11.3 Å². The van der Waals surface area contributed by atoms with Crippen LogP contribution in [0.4, 0.5) is 11.4 Å². The Balaban J connectivity index is 1.28. The first kappa shape index (κ1) is 19.9. The van der Waals surface area contributed by atoms with Gasteiger partial charge < -0.3 is 15.1 Å². The van der Waals surface area contributed by atoms with Crippen LogP contribution in [0.3, 0.4) is 0 Å². The number of nitrogens with zero attached hydrogens (tertiary/aromatic N) is 3. The first-order valence-electron chi connectivity index (χ1n) is 10.7. The molecule has 4 rings (SSSR count). The van der Waals surface area contributed by atoms with Crippen molar-refractivity contribution in [2.75, 3.05) is 50.5 Å². The number of hydrogen-bond acceptors (Lipinski definition) is 4. The van der Waals surface area contributed by atoms with E-state index in [-0.39, 0.29) is 11.8 Å². The molecule has 2 fully saturated rings. The Morgan fingerprint density at radius 2 is 1.76 bits per heavy atom. The molecule has 5 heteroatoms. The first-order valence-corrected chi connectivity index (χ1v) is 10.7. The van der Waals surface area contributed by atoms with Gasteiger partial charge in [0, 0.05) is 43.6 Å². The second kappa shape index (κ2) is 8.97. The van der Waals surface area contributed by atoms with Crippen LogP contribution in [0.2, 0.25) is 0 Å². The zero-order chi connectivity index (χ0) is 20.2. The summed E-state index contributed by atoms with van der Waals surface area (Å²) < 4.78 is 0. The summed E-state index contributed by atoms with van der Waals surface area (Å²) in [7, 11) is 4.30. The third kappa shape index (κ3) is 4.98. The highest BCUT2D eigenvalue weighted by Gasteiger charge is 2.28. The molecule has 2 atom stereocenters. The molecule has 0 aromatic heterocycles. The van der Waals surface area contributed by atoms with Crippen molar-refractivity contribution >= 4 is 17.3 Å². The summed E-state index contributed by atoms with van der Waals surface area (Å²) in [5.74, 6) is 0.208. The lowest BCUT2D eigenvalue weighted by molar-refractivity contribution is -0.119. The summed E-state index contributed by atoms with van der Waals surface area (Å²) in [4.78, 5) is 19.8. The molecule has 2 aromatic carbocycles. The lowest BCUT2D eigenvalue weighted by atomic mass is 10.1.